The molecule has 3 aliphatic heterocycles. The van der Waals surface area contributed by atoms with Crippen LogP contribution in [0.25, 0.3) is 0 Å². The van der Waals surface area contributed by atoms with Crippen molar-refractivity contribution in [1.29, 1.82) is 0 Å². The molecule has 3 aliphatic rings. The van der Waals surface area contributed by atoms with Crippen molar-refractivity contribution < 1.29 is 24.2 Å². The van der Waals surface area contributed by atoms with Gasteiger partial charge in [-0.1, -0.05) is 32.4 Å². The summed E-state index contributed by atoms with van der Waals surface area (Å²) in [6.45, 7) is 16.0. The predicted molar refractivity (Wildman–Crippen MR) is 130 cm³/mol. The topological polar surface area (TPSA) is 90.4 Å². The highest BCUT2D eigenvalue weighted by molar-refractivity contribution is 5.99. The van der Waals surface area contributed by atoms with Gasteiger partial charge in [-0.2, -0.15) is 0 Å². The number of hydrogen-bond donors (Lipinski definition) is 1. The van der Waals surface area contributed by atoms with E-state index in [1.54, 1.807) is 29.0 Å². The van der Waals surface area contributed by atoms with E-state index in [1.807, 2.05) is 20.8 Å². The fourth-order valence-corrected chi connectivity index (χ4v) is 6.62. The maximum atomic E-state index is 14.1. The van der Waals surface area contributed by atoms with Gasteiger partial charge >= 0.3 is 0 Å². The van der Waals surface area contributed by atoms with Crippen molar-refractivity contribution in [3.63, 3.8) is 0 Å². The summed E-state index contributed by atoms with van der Waals surface area (Å²) in [5.74, 6) is -2.14. The summed E-state index contributed by atoms with van der Waals surface area (Å²) in [5.41, 5.74) is -1.95. The third-order valence-corrected chi connectivity index (χ3v) is 8.28. The molecular weight excluding hydrogens is 434 g/mol. The lowest BCUT2D eigenvalue weighted by molar-refractivity contribution is -0.155. The van der Waals surface area contributed by atoms with Crippen molar-refractivity contribution in [3.8, 4) is 0 Å². The number of rotatable bonds is 11. The second kappa shape index (κ2) is 9.82. The molecule has 3 rings (SSSR count). The fourth-order valence-electron chi connectivity index (χ4n) is 6.62. The van der Waals surface area contributed by atoms with Gasteiger partial charge in [0.05, 0.1) is 24.0 Å². The van der Waals surface area contributed by atoms with E-state index in [0.717, 1.165) is 12.8 Å². The molecule has 0 aromatic heterocycles. The first-order valence-electron chi connectivity index (χ1n) is 12.4. The van der Waals surface area contributed by atoms with Crippen LogP contribution in [-0.4, -0.2) is 94.1 Å². The Hall–Kier alpha value is -2.19. The Balaban J connectivity index is 2.11. The Morgan fingerprint density at radius 2 is 1.94 bits per heavy atom. The summed E-state index contributed by atoms with van der Waals surface area (Å²) in [5, 5.41) is 9.78. The van der Waals surface area contributed by atoms with E-state index in [1.165, 1.54) is 4.90 Å². The lowest BCUT2D eigenvalue weighted by Crippen LogP contribution is -2.58. The van der Waals surface area contributed by atoms with Crippen molar-refractivity contribution in [2.24, 2.45) is 17.8 Å². The Bertz CT molecular complexity index is 846. The zero-order valence-electron chi connectivity index (χ0n) is 21.3. The molecule has 8 nitrogen and oxygen atoms in total. The second-order valence-corrected chi connectivity index (χ2v) is 10.4. The van der Waals surface area contributed by atoms with Gasteiger partial charge in [0.1, 0.15) is 11.6 Å². The second-order valence-electron chi connectivity index (χ2n) is 10.4. The number of β-amino-alcohol motifs (C(OH)–C–C–N with tert-alkyl or cyclic N) is 1. The lowest BCUT2D eigenvalue weighted by Gasteiger charge is -2.39. The van der Waals surface area contributed by atoms with E-state index in [0.29, 0.717) is 19.5 Å². The van der Waals surface area contributed by atoms with Crippen LogP contribution in [0.2, 0.25) is 0 Å². The highest BCUT2D eigenvalue weighted by Crippen LogP contribution is 2.65. The molecule has 0 aliphatic carbocycles. The molecule has 8 heteroatoms. The van der Waals surface area contributed by atoms with Crippen LogP contribution in [0.3, 0.4) is 0 Å². The van der Waals surface area contributed by atoms with Gasteiger partial charge in [0, 0.05) is 32.7 Å². The van der Waals surface area contributed by atoms with Gasteiger partial charge in [-0.05, 0) is 32.6 Å². The fraction of sp³-hybridized carbons (Fsp3) is 0.731. The number of aliphatic hydroxyl groups is 1. The van der Waals surface area contributed by atoms with E-state index in [4.69, 9.17) is 4.74 Å². The molecule has 1 N–H and O–H groups in total. The van der Waals surface area contributed by atoms with Crippen molar-refractivity contribution in [2.45, 2.75) is 70.2 Å². The smallest absolute Gasteiger partial charge is 0.248 e. The van der Waals surface area contributed by atoms with Crippen LogP contribution >= 0.6 is 0 Å². The van der Waals surface area contributed by atoms with Gasteiger partial charge in [-0.3, -0.25) is 14.4 Å². The molecule has 1 spiro atoms. The number of hydrogen-bond acceptors (Lipinski definition) is 5. The van der Waals surface area contributed by atoms with E-state index < -0.39 is 29.1 Å². The number of ether oxygens (including phenoxy) is 1. The summed E-state index contributed by atoms with van der Waals surface area (Å²) >= 11 is 0. The molecular formula is C26H41N3O5. The van der Waals surface area contributed by atoms with Crippen molar-refractivity contribution in [1.82, 2.24) is 14.7 Å². The van der Waals surface area contributed by atoms with E-state index in [2.05, 4.69) is 20.1 Å². The first kappa shape index (κ1) is 26.4. The molecule has 0 aromatic carbocycles. The summed E-state index contributed by atoms with van der Waals surface area (Å²) in [6, 6.07) is -0.928. The third kappa shape index (κ3) is 3.79. The van der Waals surface area contributed by atoms with Crippen LogP contribution in [0, 0.1) is 17.8 Å². The van der Waals surface area contributed by atoms with Gasteiger partial charge in [-0.15, -0.1) is 13.2 Å². The van der Waals surface area contributed by atoms with Crippen molar-refractivity contribution in [3.05, 3.63) is 25.3 Å². The van der Waals surface area contributed by atoms with Gasteiger partial charge in [0.2, 0.25) is 17.7 Å². The van der Waals surface area contributed by atoms with Crippen LogP contribution in [0.4, 0.5) is 0 Å². The van der Waals surface area contributed by atoms with Crippen LogP contribution in [-0.2, 0) is 19.1 Å². The lowest BCUT2D eigenvalue weighted by atomic mass is 9.62. The number of carbonyl (C=O) groups excluding carboxylic acids is 3. The molecule has 190 valence electrons. The number of aliphatic hydroxyl groups excluding tert-OH is 1. The van der Waals surface area contributed by atoms with Crippen LogP contribution in [0.15, 0.2) is 25.3 Å². The summed E-state index contributed by atoms with van der Waals surface area (Å²) in [7, 11) is 1.70. The van der Waals surface area contributed by atoms with E-state index >= 15 is 0 Å². The van der Waals surface area contributed by atoms with Crippen LogP contribution < -0.4 is 0 Å². The quantitative estimate of drug-likeness (QED) is 0.461. The average Bonchev–Trinajstić information content (AvgIpc) is 3.29. The number of likely N-dealkylation sites (tertiary alicyclic amines) is 1. The largest absolute Gasteiger partial charge is 0.395 e. The number of likely N-dealkylation sites (N-methyl/N-ethyl adjacent to an activating group) is 1. The zero-order chi connectivity index (χ0) is 25.4. The van der Waals surface area contributed by atoms with Gasteiger partial charge in [0.25, 0.3) is 0 Å². The molecule has 3 heterocycles. The average molecular weight is 476 g/mol. The minimum absolute atomic E-state index is 0.0204. The first-order chi connectivity index (χ1) is 16.0. The summed E-state index contributed by atoms with van der Waals surface area (Å²) in [4.78, 5) is 46.4. The molecule has 34 heavy (non-hydrogen) atoms. The van der Waals surface area contributed by atoms with Crippen molar-refractivity contribution >= 4 is 17.7 Å². The number of amides is 3. The molecule has 3 saturated heterocycles. The summed E-state index contributed by atoms with van der Waals surface area (Å²) in [6.07, 6.45) is 5.59. The zero-order valence-corrected chi connectivity index (χ0v) is 21.3. The van der Waals surface area contributed by atoms with E-state index in [9.17, 15) is 19.5 Å². The number of fused-ring (bicyclic) bond motifs is 1. The first-order valence-corrected chi connectivity index (χ1v) is 12.4. The molecule has 3 amide bonds. The van der Waals surface area contributed by atoms with Gasteiger partial charge < -0.3 is 24.5 Å². The highest BCUT2D eigenvalue weighted by Gasteiger charge is 2.80. The normalized spacial score (nSPS) is 34.6. The van der Waals surface area contributed by atoms with Crippen LogP contribution in [0.1, 0.15) is 47.0 Å². The predicted octanol–water partition coefficient (Wildman–Crippen LogP) is 1.84. The number of carbonyl (C=O) groups is 3. The molecule has 3 fully saturated rings. The Labute approximate surface area is 203 Å². The monoisotopic (exact) mass is 475 g/mol. The number of nitrogens with zero attached hydrogens (tertiary/aromatic N) is 3. The highest BCUT2D eigenvalue weighted by atomic mass is 16.5. The minimum Gasteiger partial charge on any atom is -0.395 e. The molecule has 0 radical (unpaired) electrons. The van der Waals surface area contributed by atoms with Gasteiger partial charge in [0.15, 0.2) is 0 Å². The molecule has 0 aromatic rings. The summed E-state index contributed by atoms with van der Waals surface area (Å²) < 4.78 is 6.70. The van der Waals surface area contributed by atoms with Gasteiger partial charge in [-0.25, -0.2) is 0 Å². The SMILES string of the molecule is C=CCN(C)C(=O)[C@H]1[C@H]2C(=O)N(CCO)C(C(=O)N(CC=C)C(C)CCC)C23CC(C)[C@]1(C)O3. The minimum atomic E-state index is -1.10. The van der Waals surface area contributed by atoms with E-state index in [-0.39, 0.29) is 42.8 Å². The molecule has 0 saturated carbocycles. The van der Waals surface area contributed by atoms with Crippen LogP contribution in [0.5, 0.6) is 0 Å². The van der Waals surface area contributed by atoms with Crippen molar-refractivity contribution in [2.75, 3.05) is 33.3 Å². The molecule has 4 unspecified atom stereocenters. The maximum absolute atomic E-state index is 14.1. The maximum Gasteiger partial charge on any atom is 0.248 e. The molecule has 7 atom stereocenters. The Kier molecular flexibility index (Phi) is 7.63. The standard InChI is InChI=1S/C26H41N3O5/c1-8-11-18(5)28(13-10-3)24(33)21-26-16-17(4)25(6,34-26)19(22(31)27(7)12-9-2)20(26)23(32)29(21)14-15-30/h9-10,17-21,30H,2-3,8,11-16H2,1,4-7H3/t17?,18?,19-,20+,21?,25+,26?/m1/s1. The Morgan fingerprint density at radius 1 is 1.29 bits per heavy atom. The Morgan fingerprint density at radius 3 is 2.50 bits per heavy atom. The third-order valence-electron chi connectivity index (χ3n) is 8.28. The molecule has 2 bridgehead atoms.